The van der Waals surface area contributed by atoms with Crippen molar-refractivity contribution in [2.24, 2.45) is 0 Å². The smallest absolute Gasteiger partial charge is 0.341 e. The molecule has 0 bridgehead atoms. The van der Waals surface area contributed by atoms with Crippen molar-refractivity contribution in [3.8, 4) is 0 Å². The topological polar surface area (TPSA) is 26.3 Å². The Hall–Kier alpha value is -1.06. The van der Waals surface area contributed by atoms with E-state index in [1.165, 1.54) is 24.3 Å². The van der Waals surface area contributed by atoms with Gasteiger partial charge in [0.1, 0.15) is 10.3 Å². The number of hydrogen-bond acceptors (Lipinski definition) is 2. The van der Waals surface area contributed by atoms with Gasteiger partial charge in [-0.2, -0.15) is 0 Å². The molecule has 0 radical (unpaired) electrons. The van der Waals surface area contributed by atoms with E-state index in [9.17, 15) is 9.18 Å². The molecule has 0 amide bonds. The predicted octanol–water partition coefficient (Wildman–Crippen LogP) is 3.54. The van der Waals surface area contributed by atoms with Gasteiger partial charge in [-0.3, -0.25) is 0 Å². The number of ether oxygens (including phenoxy) is 1. The Morgan fingerprint density at radius 2 is 1.88 bits per heavy atom. The molecule has 0 unspecified atom stereocenters. The van der Waals surface area contributed by atoms with E-state index in [1.807, 2.05) is 0 Å². The summed E-state index contributed by atoms with van der Waals surface area (Å²) in [6, 6.07) is 5.25. The molecular weight excluding hydrogens is 254 g/mol. The maximum absolute atomic E-state index is 12.7. The van der Waals surface area contributed by atoms with Crippen LogP contribution in [-0.4, -0.2) is 12.6 Å². The summed E-state index contributed by atoms with van der Waals surface area (Å²) in [4.78, 5) is 11.5. The van der Waals surface area contributed by atoms with E-state index in [0.717, 1.165) is 0 Å². The fourth-order valence-electron chi connectivity index (χ4n) is 1.12. The molecule has 0 heterocycles. The van der Waals surface area contributed by atoms with Crippen LogP contribution in [0.5, 0.6) is 0 Å². The van der Waals surface area contributed by atoms with Crippen molar-refractivity contribution in [3.05, 3.63) is 40.1 Å². The van der Waals surface area contributed by atoms with Gasteiger partial charge in [0.05, 0.1) is 12.2 Å². The van der Waals surface area contributed by atoms with Gasteiger partial charge in [-0.05, 0) is 24.6 Å². The van der Waals surface area contributed by atoms with Crippen LogP contribution >= 0.6 is 23.2 Å². The lowest BCUT2D eigenvalue weighted by Crippen LogP contribution is -2.07. The second kappa shape index (κ2) is 5.87. The van der Waals surface area contributed by atoms with Crippen LogP contribution in [0.4, 0.5) is 4.39 Å². The van der Waals surface area contributed by atoms with E-state index in [1.54, 1.807) is 6.92 Å². The molecule has 0 aliphatic rings. The van der Waals surface area contributed by atoms with Gasteiger partial charge in [-0.1, -0.05) is 35.3 Å². The zero-order chi connectivity index (χ0) is 12.1. The van der Waals surface area contributed by atoms with Crippen molar-refractivity contribution in [2.45, 2.75) is 6.92 Å². The molecule has 0 aromatic heterocycles. The maximum atomic E-state index is 12.7. The number of esters is 1. The van der Waals surface area contributed by atoms with Crippen LogP contribution in [0.3, 0.4) is 0 Å². The van der Waals surface area contributed by atoms with Crippen molar-refractivity contribution in [1.29, 1.82) is 0 Å². The standard InChI is InChI=1S/C11H9Cl2FO2/c1-2-16-11(15)9(10(12)13)7-3-5-8(14)6-4-7/h3-6H,2H2,1H3. The summed E-state index contributed by atoms with van der Waals surface area (Å²) in [5, 5.41) is 0. The normalized spacial score (nSPS) is 9.75. The molecular formula is C11H9Cl2FO2. The van der Waals surface area contributed by atoms with Crippen LogP contribution in [0.25, 0.3) is 5.57 Å². The van der Waals surface area contributed by atoms with Crippen LogP contribution in [0.2, 0.25) is 0 Å². The van der Waals surface area contributed by atoms with Crippen LogP contribution in [-0.2, 0) is 9.53 Å². The molecule has 1 rings (SSSR count). The average Bonchev–Trinajstić information content (AvgIpc) is 2.21. The fraction of sp³-hybridized carbons (Fsp3) is 0.182. The first-order valence-electron chi connectivity index (χ1n) is 4.54. The molecule has 16 heavy (non-hydrogen) atoms. The van der Waals surface area contributed by atoms with Gasteiger partial charge < -0.3 is 4.74 Å². The van der Waals surface area contributed by atoms with E-state index in [4.69, 9.17) is 27.9 Å². The number of rotatable bonds is 3. The zero-order valence-corrected chi connectivity index (χ0v) is 9.98. The van der Waals surface area contributed by atoms with E-state index < -0.39 is 11.8 Å². The summed E-state index contributed by atoms with van der Waals surface area (Å²) < 4.78 is 17.3. The maximum Gasteiger partial charge on any atom is 0.341 e. The molecule has 0 aliphatic heterocycles. The second-order valence-corrected chi connectivity index (χ2v) is 3.81. The third-order valence-electron chi connectivity index (χ3n) is 1.80. The number of carbonyl (C=O) groups is 1. The Labute approximate surface area is 103 Å². The van der Waals surface area contributed by atoms with Gasteiger partial charge >= 0.3 is 5.97 Å². The molecule has 0 spiro atoms. The van der Waals surface area contributed by atoms with Gasteiger partial charge in [0.2, 0.25) is 0 Å². The summed E-state index contributed by atoms with van der Waals surface area (Å²) in [6.45, 7) is 1.88. The number of hydrogen-bond donors (Lipinski definition) is 0. The minimum Gasteiger partial charge on any atom is -0.462 e. The minimum absolute atomic E-state index is 0.0326. The first-order chi connectivity index (χ1) is 7.56. The molecule has 5 heteroatoms. The van der Waals surface area contributed by atoms with Gasteiger partial charge in [-0.25, -0.2) is 9.18 Å². The molecule has 0 saturated heterocycles. The highest BCUT2D eigenvalue weighted by Gasteiger charge is 2.17. The first-order valence-corrected chi connectivity index (χ1v) is 5.30. The van der Waals surface area contributed by atoms with Gasteiger partial charge in [0.25, 0.3) is 0 Å². The zero-order valence-electron chi connectivity index (χ0n) is 8.47. The third-order valence-corrected chi connectivity index (χ3v) is 2.18. The summed E-state index contributed by atoms with van der Waals surface area (Å²) in [6.07, 6.45) is 0. The highest BCUT2D eigenvalue weighted by atomic mass is 35.5. The molecule has 1 aromatic carbocycles. The molecule has 0 aliphatic carbocycles. The Morgan fingerprint density at radius 1 is 1.31 bits per heavy atom. The summed E-state index contributed by atoms with van der Waals surface area (Å²) in [5.74, 6) is -1.04. The highest BCUT2D eigenvalue weighted by Crippen LogP contribution is 2.25. The van der Waals surface area contributed by atoms with Crippen LogP contribution in [0.15, 0.2) is 28.8 Å². The molecule has 2 nitrogen and oxygen atoms in total. The quantitative estimate of drug-likeness (QED) is 0.616. The third kappa shape index (κ3) is 3.22. The lowest BCUT2D eigenvalue weighted by atomic mass is 10.1. The largest absolute Gasteiger partial charge is 0.462 e. The fourth-order valence-corrected chi connectivity index (χ4v) is 1.50. The Morgan fingerprint density at radius 3 is 2.31 bits per heavy atom. The Bertz CT molecular complexity index is 408. The second-order valence-electron chi connectivity index (χ2n) is 2.86. The van der Waals surface area contributed by atoms with Crippen molar-refractivity contribution in [1.82, 2.24) is 0 Å². The monoisotopic (exact) mass is 262 g/mol. The number of halogens is 3. The molecule has 0 N–H and O–H groups in total. The molecule has 1 aromatic rings. The molecule has 86 valence electrons. The van der Waals surface area contributed by atoms with Crippen LogP contribution in [0, 0.1) is 5.82 Å². The molecule has 0 atom stereocenters. The van der Waals surface area contributed by atoms with E-state index >= 15 is 0 Å². The van der Waals surface area contributed by atoms with Crippen molar-refractivity contribution >= 4 is 34.7 Å². The predicted molar refractivity (Wildman–Crippen MR) is 61.7 cm³/mol. The highest BCUT2D eigenvalue weighted by molar-refractivity contribution is 6.61. The van der Waals surface area contributed by atoms with Gasteiger partial charge in [0.15, 0.2) is 0 Å². The van der Waals surface area contributed by atoms with Gasteiger partial charge in [0, 0.05) is 0 Å². The van der Waals surface area contributed by atoms with E-state index in [0.29, 0.717) is 5.56 Å². The Balaban J connectivity index is 3.10. The van der Waals surface area contributed by atoms with E-state index in [2.05, 4.69) is 0 Å². The first kappa shape index (κ1) is 13.0. The summed E-state index contributed by atoms with van der Waals surface area (Å²) in [7, 11) is 0. The number of benzene rings is 1. The lowest BCUT2D eigenvalue weighted by Gasteiger charge is -2.07. The van der Waals surface area contributed by atoms with Crippen molar-refractivity contribution < 1.29 is 13.9 Å². The SMILES string of the molecule is CCOC(=O)C(=C(Cl)Cl)c1ccc(F)cc1. The summed E-state index contributed by atoms with van der Waals surface area (Å²) >= 11 is 11.2. The molecule has 0 fully saturated rings. The Kier molecular flexibility index (Phi) is 4.77. The van der Waals surface area contributed by atoms with Crippen LogP contribution < -0.4 is 0 Å². The van der Waals surface area contributed by atoms with Crippen molar-refractivity contribution in [3.63, 3.8) is 0 Å². The molecule has 0 saturated carbocycles. The average molecular weight is 263 g/mol. The van der Waals surface area contributed by atoms with Crippen molar-refractivity contribution in [2.75, 3.05) is 6.61 Å². The lowest BCUT2D eigenvalue weighted by molar-refractivity contribution is -0.136. The van der Waals surface area contributed by atoms with E-state index in [-0.39, 0.29) is 16.7 Å². The van der Waals surface area contributed by atoms with Crippen LogP contribution in [0.1, 0.15) is 12.5 Å². The van der Waals surface area contributed by atoms with Gasteiger partial charge in [-0.15, -0.1) is 0 Å². The number of carbonyl (C=O) groups excluding carboxylic acids is 1. The minimum atomic E-state index is -0.630. The summed E-state index contributed by atoms with van der Waals surface area (Å²) in [5.41, 5.74) is 0.449.